The molecule has 26 heavy (non-hydrogen) atoms. The number of rotatable bonds is 7. The maximum atomic E-state index is 12.5. The van der Waals surface area contributed by atoms with Gasteiger partial charge >= 0.3 is 5.97 Å². The number of benzene rings is 2. The molecular formula is C20H22N2O4. The van der Waals surface area contributed by atoms with Crippen molar-refractivity contribution in [3.05, 3.63) is 65.2 Å². The minimum atomic E-state index is -1.08. The Morgan fingerprint density at radius 3 is 2.42 bits per heavy atom. The summed E-state index contributed by atoms with van der Waals surface area (Å²) in [4.78, 5) is 36.2. The normalized spacial score (nSPS) is 11.5. The van der Waals surface area contributed by atoms with Crippen molar-refractivity contribution in [2.24, 2.45) is 0 Å². The van der Waals surface area contributed by atoms with Crippen LogP contribution < -0.4 is 10.6 Å². The van der Waals surface area contributed by atoms with Gasteiger partial charge in [0.15, 0.2) is 0 Å². The SMILES string of the molecule is CCCC(NC(=O)c1ccccc1NC(=O)c1cccc(C)c1)C(=O)O. The average molecular weight is 354 g/mol. The zero-order valence-electron chi connectivity index (χ0n) is 14.8. The van der Waals surface area contributed by atoms with Crippen LogP contribution in [0.5, 0.6) is 0 Å². The zero-order chi connectivity index (χ0) is 19.1. The molecule has 2 aromatic carbocycles. The lowest BCUT2D eigenvalue weighted by atomic mass is 10.1. The third-order valence-corrected chi connectivity index (χ3v) is 3.88. The summed E-state index contributed by atoms with van der Waals surface area (Å²) in [5.74, 6) is -1.95. The third-order valence-electron chi connectivity index (χ3n) is 3.88. The quantitative estimate of drug-likeness (QED) is 0.711. The number of carboxylic acid groups (broad SMARTS) is 1. The highest BCUT2D eigenvalue weighted by molar-refractivity contribution is 6.09. The van der Waals surface area contributed by atoms with Crippen LogP contribution >= 0.6 is 0 Å². The number of hydrogen-bond acceptors (Lipinski definition) is 3. The number of amides is 2. The van der Waals surface area contributed by atoms with Gasteiger partial charge in [0, 0.05) is 5.56 Å². The second-order valence-electron chi connectivity index (χ2n) is 6.02. The van der Waals surface area contributed by atoms with E-state index in [1.165, 1.54) is 0 Å². The summed E-state index contributed by atoms with van der Waals surface area (Å²) in [6.07, 6.45) is 0.960. The van der Waals surface area contributed by atoms with Crippen molar-refractivity contribution in [1.29, 1.82) is 0 Å². The summed E-state index contributed by atoms with van der Waals surface area (Å²) < 4.78 is 0. The van der Waals surface area contributed by atoms with Crippen molar-refractivity contribution in [2.75, 3.05) is 5.32 Å². The van der Waals surface area contributed by atoms with Crippen molar-refractivity contribution in [1.82, 2.24) is 5.32 Å². The number of para-hydroxylation sites is 1. The molecule has 0 saturated heterocycles. The number of anilines is 1. The molecule has 136 valence electrons. The second kappa shape index (κ2) is 8.80. The molecule has 0 fully saturated rings. The first-order chi connectivity index (χ1) is 12.4. The van der Waals surface area contributed by atoms with E-state index in [4.69, 9.17) is 0 Å². The maximum Gasteiger partial charge on any atom is 0.326 e. The predicted octanol–water partition coefficient (Wildman–Crippen LogP) is 3.23. The molecule has 0 aliphatic carbocycles. The monoisotopic (exact) mass is 354 g/mol. The highest BCUT2D eigenvalue weighted by Crippen LogP contribution is 2.17. The number of nitrogens with one attached hydrogen (secondary N) is 2. The van der Waals surface area contributed by atoms with Gasteiger partial charge in [-0.2, -0.15) is 0 Å². The van der Waals surface area contributed by atoms with Crippen molar-refractivity contribution in [3.63, 3.8) is 0 Å². The van der Waals surface area contributed by atoms with Crippen molar-refractivity contribution in [3.8, 4) is 0 Å². The molecule has 2 aromatic rings. The van der Waals surface area contributed by atoms with Gasteiger partial charge in [-0.25, -0.2) is 4.79 Å². The summed E-state index contributed by atoms with van der Waals surface area (Å²) in [5, 5.41) is 14.4. The van der Waals surface area contributed by atoms with Gasteiger partial charge in [-0.3, -0.25) is 9.59 Å². The molecule has 0 aliphatic heterocycles. The number of carbonyl (C=O) groups is 3. The summed E-state index contributed by atoms with van der Waals surface area (Å²) in [5.41, 5.74) is 1.98. The lowest BCUT2D eigenvalue weighted by Gasteiger charge is -2.16. The van der Waals surface area contributed by atoms with Gasteiger partial charge < -0.3 is 15.7 Å². The van der Waals surface area contributed by atoms with Gasteiger partial charge in [0.25, 0.3) is 11.8 Å². The number of carbonyl (C=O) groups excluding carboxylic acids is 2. The van der Waals surface area contributed by atoms with E-state index in [0.29, 0.717) is 24.1 Å². The Balaban J connectivity index is 2.20. The molecule has 2 amide bonds. The first kappa shape index (κ1) is 19.2. The molecule has 0 aromatic heterocycles. The second-order valence-corrected chi connectivity index (χ2v) is 6.02. The van der Waals surface area contributed by atoms with Gasteiger partial charge in [-0.1, -0.05) is 43.2 Å². The van der Waals surface area contributed by atoms with E-state index in [2.05, 4.69) is 10.6 Å². The van der Waals surface area contributed by atoms with Gasteiger partial charge in [0.1, 0.15) is 6.04 Å². The van der Waals surface area contributed by atoms with Crippen LogP contribution in [0.2, 0.25) is 0 Å². The van der Waals surface area contributed by atoms with Crippen LogP contribution in [-0.2, 0) is 4.79 Å². The zero-order valence-corrected chi connectivity index (χ0v) is 14.8. The Morgan fingerprint density at radius 2 is 1.77 bits per heavy atom. The summed E-state index contributed by atoms with van der Waals surface area (Å²) in [7, 11) is 0. The van der Waals surface area contributed by atoms with Crippen molar-refractivity contribution < 1.29 is 19.5 Å². The topological polar surface area (TPSA) is 95.5 Å². The predicted molar refractivity (Wildman–Crippen MR) is 99.4 cm³/mol. The summed E-state index contributed by atoms with van der Waals surface area (Å²) in [6, 6.07) is 12.7. The number of hydrogen-bond donors (Lipinski definition) is 3. The molecule has 3 N–H and O–H groups in total. The van der Waals surface area contributed by atoms with E-state index in [0.717, 1.165) is 5.56 Å². The highest BCUT2D eigenvalue weighted by atomic mass is 16.4. The fraction of sp³-hybridized carbons (Fsp3) is 0.250. The lowest BCUT2D eigenvalue weighted by Crippen LogP contribution is -2.40. The largest absolute Gasteiger partial charge is 0.480 e. The molecule has 1 atom stereocenters. The van der Waals surface area contributed by atoms with E-state index >= 15 is 0 Å². The summed E-state index contributed by atoms with van der Waals surface area (Å²) >= 11 is 0. The fourth-order valence-corrected chi connectivity index (χ4v) is 2.55. The minimum Gasteiger partial charge on any atom is -0.480 e. The van der Waals surface area contributed by atoms with Crippen LogP contribution in [0.4, 0.5) is 5.69 Å². The van der Waals surface area contributed by atoms with Gasteiger partial charge in [0.05, 0.1) is 11.3 Å². The van der Waals surface area contributed by atoms with E-state index in [1.54, 1.807) is 42.5 Å². The van der Waals surface area contributed by atoms with E-state index in [-0.39, 0.29) is 11.5 Å². The molecule has 0 saturated carbocycles. The van der Waals surface area contributed by atoms with E-state index < -0.39 is 17.9 Å². The molecule has 1 unspecified atom stereocenters. The van der Waals surface area contributed by atoms with Crippen LogP contribution in [-0.4, -0.2) is 28.9 Å². The lowest BCUT2D eigenvalue weighted by molar-refractivity contribution is -0.139. The van der Waals surface area contributed by atoms with Gasteiger partial charge in [-0.05, 0) is 37.6 Å². The minimum absolute atomic E-state index is 0.218. The Kier molecular flexibility index (Phi) is 6.49. The van der Waals surface area contributed by atoms with Crippen LogP contribution in [0.15, 0.2) is 48.5 Å². The third kappa shape index (κ3) is 4.92. The highest BCUT2D eigenvalue weighted by Gasteiger charge is 2.21. The first-order valence-corrected chi connectivity index (χ1v) is 8.43. The van der Waals surface area contributed by atoms with Crippen LogP contribution in [0.25, 0.3) is 0 Å². The molecule has 6 heteroatoms. The smallest absolute Gasteiger partial charge is 0.326 e. The first-order valence-electron chi connectivity index (χ1n) is 8.43. The Bertz CT molecular complexity index is 817. The maximum absolute atomic E-state index is 12.5. The summed E-state index contributed by atoms with van der Waals surface area (Å²) in [6.45, 7) is 3.73. The van der Waals surface area contributed by atoms with E-state index in [1.807, 2.05) is 19.9 Å². The van der Waals surface area contributed by atoms with Crippen LogP contribution in [0.3, 0.4) is 0 Å². The molecule has 0 heterocycles. The molecule has 0 aliphatic rings. The standard InChI is InChI=1S/C20H22N2O4/c1-3-7-17(20(25)26)22-19(24)15-10-4-5-11-16(15)21-18(23)14-9-6-8-13(2)12-14/h4-6,8-12,17H,3,7H2,1-2H3,(H,21,23)(H,22,24)(H,25,26). The number of aryl methyl sites for hydroxylation is 1. The Hall–Kier alpha value is -3.15. The fourth-order valence-electron chi connectivity index (χ4n) is 2.55. The van der Waals surface area contributed by atoms with Crippen LogP contribution in [0, 0.1) is 6.92 Å². The van der Waals surface area contributed by atoms with Crippen molar-refractivity contribution >= 4 is 23.5 Å². The van der Waals surface area contributed by atoms with Gasteiger partial charge in [-0.15, -0.1) is 0 Å². The Morgan fingerprint density at radius 1 is 1.04 bits per heavy atom. The number of aliphatic carboxylic acids is 1. The molecular weight excluding hydrogens is 332 g/mol. The molecule has 6 nitrogen and oxygen atoms in total. The Labute approximate surface area is 152 Å². The molecule has 0 radical (unpaired) electrons. The molecule has 0 bridgehead atoms. The molecule has 0 spiro atoms. The van der Waals surface area contributed by atoms with Crippen molar-refractivity contribution in [2.45, 2.75) is 32.7 Å². The average Bonchev–Trinajstić information content (AvgIpc) is 2.61. The van der Waals surface area contributed by atoms with Crippen LogP contribution in [0.1, 0.15) is 46.0 Å². The van der Waals surface area contributed by atoms with Gasteiger partial charge in [0.2, 0.25) is 0 Å². The van der Waals surface area contributed by atoms with E-state index in [9.17, 15) is 19.5 Å². The molecule has 2 rings (SSSR count). The number of carboxylic acids is 1.